The first-order valence-corrected chi connectivity index (χ1v) is 13.9. The molecule has 0 radical (unpaired) electrons. The van der Waals surface area contributed by atoms with Gasteiger partial charge in [0.1, 0.15) is 17.0 Å². The predicted molar refractivity (Wildman–Crippen MR) is 135 cm³/mol. The van der Waals surface area contributed by atoms with Crippen LogP contribution in [0.5, 0.6) is 5.88 Å². The van der Waals surface area contributed by atoms with Gasteiger partial charge in [-0.3, -0.25) is 9.29 Å². The van der Waals surface area contributed by atoms with Gasteiger partial charge in [-0.05, 0) is 38.2 Å². The molecular formula is C23H28ClN7O5S. The molecule has 0 amide bonds. The molecule has 198 valence electrons. The maximum atomic E-state index is 13.5. The third kappa shape index (κ3) is 5.00. The summed E-state index contributed by atoms with van der Waals surface area (Å²) in [5.74, 6) is 1.17. The summed E-state index contributed by atoms with van der Waals surface area (Å²) in [6.45, 7) is 2.17. The standard InChI is InChI=1S/C23H28ClN7O5S/c1-13(20(35-3)21-25-11-15(24)12-26-21)37(32,33)30-23-29-28-22-19-14(7-8-18(27-19)34-2)10-16(31(22)23)17-6-4-5-9-36-17/h7-8,11-13,16-17,20H,4-6,9-10H2,1-3H3,(H,29,30)/t13-,16+,17-,20-/m0/s1. The van der Waals surface area contributed by atoms with Gasteiger partial charge < -0.3 is 14.2 Å². The normalized spacial score (nSPS) is 21.0. The number of pyridine rings is 1. The number of anilines is 1. The molecule has 14 heteroatoms. The number of nitrogens with zero attached hydrogens (tertiary/aromatic N) is 6. The summed E-state index contributed by atoms with van der Waals surface area (Å²) in [4.78, 5) is 12.8. The first-order valence-electron chi connectivity index (χ1n) is 11.9. The molecule has 5 heterocycles. The molecule has 2 aliphatic heterocycles. The van der Waals surface area contributed by atoms with Gasteiger partial charge in [0.25, 0.3) is 0 Å². The van der Waals surface area contributed by atoms with E-state index in [1.807, 2.05) is 6.07 Å². The van der Waals surface area contributed by atoms with Gasteiger partial charge in [-0.25, -0.2) is 23.4 Å². The molecule has 3 aromatic rings. The van der Waals surface area contributed by atoms with E-state index in [-0.39, 0.29) is 23.9 Å². The summed E-state index contributed by atoms with van der Waals surface area (Å²) in [5, 5.41) is 7.84. The number of hydrogen-bond acceptors (Lipinski definition) is 10. The zero-order valence-electron chi connectivity index (χ0n) is 20.7. The van der Waals surface area contributed by atoms with E-state index in [2.05, 4.69) is 29.9 Å². The summed E-state index contributed by atoms with van der Waals surface area (Å²) in [7, 11) is -1.08. The van der Waals surface area contributed by atoms with Gasteiger partial charge in [-0.2, -0.15) is 0 Å². The Balaban J connectivity index is 1.51. The van der Waals surface area contributed by atoms with Crippen molar-refractivity contribution < 1.29 is 22.6 Å². The number of fused-ring (bicyclic) bond motifs is 3. The molecule has 0 unspecified atom stereocenters. The van der Waals surface area contributed by atoms with Crippen molar-refractivity contribution in [2.75, 3.05) is 25.5 Å². The maximum Gasteiger partial charge on any atom is 0.240 e. The summed E-state index contributed by atoms with van der Waals surface area (Å²) in [6.07, 6.45) is 5.19. The van der Waals surface area contributed by atoms with Crippen LogP contribution in [0.15, 0.2) is 24.5 Å². The Bertz CT molecular complexity index is 1360. The van der Waals surface area contributed by atoms with E-state index in [4.69, 9.17) is 25.8 Å². The zero-order chi connectivity index (χ0) is 26.2. The minimum atomic E-state index is -4.03. The van der Waals surface area contributed by atoms with Gasteiger partial charge in [-0.15, -0.1) is 10.2 Å². The first-order chi connectivity index (χ1) is 17.8. The lowest BCUT2D eigenvalue weighted by molar-refractivity contribution is -0.0166. The lowest BCUT2D eigenvalue weighted by Gasteiger charge is -2.35. The van der Waals surface area contributed by atoms with Crippen molar-refractivity contribution >= 4 is 27.6 Å². The summed E-state index contributed by atoms with van der Waals surface area (Å²) < 4.78 is 48.4. The Kier molecular flexibility index (Phi) is 7.30. The molecule has 4 atom stereocenters. The minimum absolute atomic E-state index is 0.0863. The maximum absolute atomic E-state index is 13.5. The summed E-state index contributed by atoms with van der Waals surface area (Å²) in [5.41, 5.74) is 1.57. The fourth-order valence-corrected chi connectivity index (χ4v) is 6.06. The molecule has 2 aliphatic rings. The molecule has 1 fully saturated rings. The van der Waals surface area contributed by atoms with E-state index in [0.29, 0.717) is 35.4 Å². The van der Waals surface area contributed by atoms with Crippen LogP contribution in [0.25, 0.3) is 11.5 Å². The lowest BCUT2D eigenvalue weighted by atomic mass is 9.92. The van der Waals surface area contributed by atoms with Crippen molar-refractivity contribution in [2.24, 2.45) is 0 Å². The number of nitrogens with one attached hydrogen (secondary N) is 1. The molecule has 1 N–H and O–H groups in total. The van der Waals surface area contributed by atoms with Crippen molar-refractivity contribution in [1.82, 2.24) is 29.7 Å². The Morgan fingerprint density at radius 1 is 1.19 bits per heavy atom. The third-order valence-electron chi connectivity index (χ3n) is 6.77. The van der Waals surface area contributed by atoms with E-state index < -0.39 is 21.4 Å². The molecule has 1 saturated heterocycles. The van der Waals surface area contributed by atoms with E-state index in [0.717, 1.165) is 24.8 Å². The van der Waals surface area contributed by atoms with Crippen LogP contribution in [-0.2, 0) is 25.9 Å². The van der Waals surface area contributed by atoms with Crippen molar-refractivity contribution in [2.45, 2.75) is 56.1 Å². The van der Waals surface area contributed by atoms with Gasteiger partial charge in [0.15, 0.2) is 11.6 Å². The van der Waals surface area contributed by atoms with Gasteiger partial charge in [-0.1, -0.05) is 17.7 Å². The largest absolute Gasteiger partial charge is 0.481 e. The van der Waals surface area contributed by atoms with Crippen LogP contribution in [0.2, 0.25) is 5.02 Å². The van der Waals surface area contributed by atoms with Gasteiger partial charge in [0, 0.05) is 32.2 Å². The van der Waals surface area contributed by atoms with Crippen LogP contribution in [0, 0.1) is 0 Å². The first kappa shape index (κ1) is 25.8. The Morgan fingerprint density at radius 3 is 2.65 bits per heavy atom. The van der Waals surface area contributed by atoms with Gasteiger partial charge in [0.05, 0.1) is 24.3 Å². The fraction of sp³-hybridized carbons (Fsp3) is 0.522. The van der Waals surface area contributed by atoms with E-state index in [9.17, 15) is 8.42 Å². The summed E-state index contributed by atoms with van der Waals surface area (Å²) >= 11 is 5.89. The molecule has 0 saturated carbocycles. The second kappa shape index (κ2) is 10.5. The molecular weight excluding hydrogens is 522 g/mol. The average molecular weight is 550 g/mol. The third-order valence-corrected chi connectivity index (χ3v) is 8.66. The Labute approximate surface area is 219 Å². The number of ether oxygens (including phenoxy) is 3. The van der Waals surface area contributed by atoms with Crippen molar-refractivity contribution in [3.63, 3.8) is 0 Å². The van der Waals surface area contributed by atoms with Crippen molar-refractivity contribution in [1.29, 1.82) is 0 Å². The van der Waals surface area contributed by atoms with E-state index >= 15 is 0 Å². The second-order valence-corrected chi connectivity index (χ2v) is 11.5. The highest BCUT2D eigenvalue weighted by atomic mass is 35.5. The lowest BCUT2D eigenvalue weighted by Crippen LogP contribution is -2.37. The fourth-order valence-electron chi connectivity index (χ4n) is 4.82. The highest BCUT2D eigenvalue weighted by Crippen LogP contribution is 2.40. The average Bonchev–Trinajstić information content (AvgIpc) is 3.33. The molecule has 0 spiro atoms. The zero-order valence-corrected chi connectivity index (χ0v) is 22.2. The smallest absolute Gasteiger partial charge is 0.240 e. The van der Waals surface area contributed by atoms with Gasteiger partial charge in [0.2, 0.25) is 21.9 Å². The number of halogens is 1. The number of aromatic nitrogens is 6. The van der Waals surface area contributed by atoms with Crippen LogP contribution in [0.1, 0.15) is 49.7 Å². The highest BCUT2D eigenvalue weighted by Gasteiger charge is 2.39. The Hall–Kier alpha value is -2.87. The van der Waals surface area contributed by atoms with Crippen LogP contribution in [-0.4, -0.2) is 70.3 Å². The van der Waals surface area contributed by atoms with Crippen LogP contribution >= 0.6 is 11.6 Å². The summed E-state index contributed by atoms with van der Waals surface area (Å²) in [6, 6.07) is 3.55. The van der Waals surface area contributed by atoms with E-state index in [1.165, 1.54) is 26.4 Å². The molecule has 5 rings (SSSR count). The molecule has 12 nitrogen and oxygen atoms in total. The number of rotatable bonds is 8. The van der Waals surface area contributed by atoms with Crippen LogP contribution < -0.4 is 9.46 Å². The highest BCUT2D eigenvalue weighted by molar-refractivity contribution is 7.93. The predicted octanol–water partition coefficient (Wildman–Crippen LogP) is 2.98. The van der Waals surface area contributed by atoms with Crippen molar-refractivity contribution in [3.05, 3.63) is 40.9 Å². The topological polar surface area (TPSA) is 143 Å². The molecule has 0 aromatic carbocycles. The van der Waals surface area contributed by atoms with Crippen LogP contribution in [0.3, 0.4) is 0 Å². The SMILES string of the molecule is COc1ccc2c(n1)-c1nnc(NS(=O)(=O)[C@@H](C)[C@H](OC)c3ncc(Cl)cn3)n1[C@@H]([C@@H]1CCCCO1)C2. The minimum Gasteiger partial charge on any atom is -0.481 e. The monoisotopic (exact) mass is 549 g/mol. The molecule has 3 aromatic heterocycles. The number of hydrogen-bond donors (Lipinski definition) is 1. The molecule has 37 heavy (non-hydrogen) atoms. The number of sulfonamides is 1. The quantitative estimate of drug-likeness (QED) is 0.445. The Morgan fingerprint density at radius 2 is 1.97 bits per heavy atom. The second-order valence-electron chi connectivity index (χ2n) is 9.02. The number of methoxy groups -OCH3 is 2. The van der Waals surface area contributed by atoms with Crippen molar-refractivity contribution in [3.8, 4) is 17.4 Å². The van der Waals surface area contributed by atoms with E-state index in [1.54, 1.807) is 17.7 Å². The molecule has 0 aliphatic carbocycles. The van der Waals surface area contributed by atoms with Gasteiger partial charge >= 0.3 is 0 Å². The molecule has 0 bridgehead atoms. The van der Waals surface area contributed by atoms with Crippen LogP contribution in [0.4, 0.5) is 5.95 Å².